The monoisotopic (exact) mass is 584 g/mol. The van der Waals surface area contributed by atoms with Crippen molar-refractivity contribution >= 4 is 41.6 Å². The number of carbonyl (C=O) groups is 4. The van der Waals surface area contributed by atoms with E-state index in [4.69, 9.17) is 0 Å². The van der Waals surface area contributed by atoms with Gasteiger partial charge in [0.2, 0.25) is 5.91 Å². The molecule has 2 aromatic rings. The minimum absolute atomic E-state index is 0.0736. The lowest BCUT2D eigenvalue weighted by molar-refractivity contribution is -0.138. The van der Waals surface area contributed by atoms with Gasteiger partial charge in [-0.1, -0.05) is 25.3 Å². The summed E-state index contributed by atoms with van der Waals surface area (Å²) < 4.78 is 0. The summed E-state index contributed by atoms with van der Waals surface area (Å²) in [6.07, 6.45) is 7.64. The van der Waals surface area contributed by atoms with Crippen molar-refractivity contribution in [3.63, 3.8) is 0 Å². The molecule has 0 radical (unpaired) electrons. The van der Waals surface area contributed by atoms with Crippen molar-refractivity contribution in [1.29, 1.82) is 0 Å². The normalized spacial score (nSPS) is 17.7. The molecule has 1 atom stereocenters. The number of amides is 2. The molecule has 0 aromatic carbocycles. The lowest BCUT2D eigenvalue weighted by Crippen LogP contribution is -2.30. The minimum Gasteiger partial charge on any atom is -0.481 e. The maximum atomic E-state index is 12.3. The summed E-state index contributed by atoms with van der Waals surface area (Å²) in [6, 6.07) is -0.269. The summed E-state index contributed by atoms with van der Waals surface area (Å²) in [7, 11) is 0. The molecule has 5 N–H and O–H groups in total. The van der Waals surface area contributed by atoms with Crippen LogP contribution in [0.2, 0.25) is 0 Å². The van der Waals surface area contributed by atoms with Crippen LogP contribution >= 0.6 is 0 Å². The number of aromatic amines is 2. The number of nitrogens with one attached hydrogen (secondary N) is 3. The molecule has 0 aliphatic carbocycles. The van der Waals surface area contributed by atoms with Crippen LogP contribution in [-0.2, 0) is 38.4 Å². The number of rotatable bonds is 12. The first-order chi connectivity index (χ1) is 20.4. The van der Waals surface area contributed by atoms with Gasteiger partial charge in [-0.05, 0) is 86.1 Å². The predicted molar refractivity (Wildman–Crippen MR) is 164 cm³/mol. The van der Waals surface area contributed by atoms with E-state index in [-0.39, 0.29) is 43.5 Å². The fourth-order valence-electron chi connectivity index (χ4n) is 5.71. The van der Waals surface area contributed by atoms with E-state index >= 15 is 0 Å². The first-order valence-corrected chi connectivity index (χ1v) is 14.0. The molecule has 10 nitrogen and oxygen atoms in total. The zero-order valence-corrected chi connectivity index (χ0v) is 24.8. The van der Waals surface area contributed by atoms with E-state index in [0.717, 1.165) is 33.5 Å². The number of carboxylic acid groups (broad SMARTS) is 2. The zero-order chi connectivity index (χ0) is 31.6. The second kappa shape index (κ2) is 12.5. The van der Waals surface area contributed by atoms with Crippen molar-refractivity contribution in [3.05, 3.63) is 91.9 Å². The molecule has 2 aromatic heterocycles. The van der Waals surface area contributed by atoms with Crippen LogP contribution in [0.4, 0.5) is 0 Å². The highest BCUT2D eigenvalue weighted by Crippen LogP contribution is 2.26. The number of aromatic nitrogens is 2. The second-order valence-corrected chi connectivity index (χ2v) is 10.8. The lowest BCUT2D eigenvalue weighted by atomic mass is 9.98. The van der Waals surface area contributed by atoms with Gasteiger partial charge in [0.15, 0.2) is 0 Å². The van der Waals surface area contributed by atoms with Gasteiger partial charge in [0.05, 0.1) is 11.8 Å². The molecule has 0 spiro atoms. The third-order valence-corrected chi connectivity index (χ3v) is 8.24. The number of H-pyrrole nitrogens is 2. The molecule has 0 saturated carbocycles. The largest absolute Gasteiger partial charge is 0.481 e. The Morgan fingerprint density at radius 2 is 1.51 bits per heavy atom. The molecule has 2 aliphatic rings. The van der Waals surface area contributed by atoms with Crippen LogP contribution in [0.5, 0.6) is 0 Å². The first-order valence-electron chi connectivity index (χ1n) is 14.0. The Balaban J connectivity index is 1.87. The molecule has 0 saturated heterocycles. The molecule has 2 aliphatic heterocycles. The van der Waals surface area contributed by atoms with E-state index < -0.39 is 11.9 Å². The Labute approximate surface area is 249 Å². The van der Waals surface area contributed by atoms with Crippen LogP contribution in [0.1, 0.15) is 60.3 Å². The number of carboxylic acids is 2. The summed E-state index contributed by atoms with van der Waals surface area (Å²) in [4.78, 5) is 58.6. The fraction of sp³-hybridized carbons (Fsp3) is 0.303. The maximum Gasteiger partial charge on any atom is 0.303 e. The number of aliphatic imine (C=N–C) groups is 1. The number of nitrogens with zero attached hydrogens (tertiary/aromatic N) is 1. The van der Waals surface area contributed by atoms with Crippen molar-refractivity contribution in [2.75, 3.05) is 0 Å². The Morgan fingerprint density at radius 1 is 0.860 bits per heavy atom. The maximum absolute atomic E-state index is 12.3. The van der Waals surface area contributed by atoms with Crippen molar-refractivity contribution in [2.45, 2.75) is 65.8 Å². The molecule has 4 heterocycles. The van der Waals surface area contributed by atoms with Crippen molar-refractivity contribution in [3.8, 4) is 0 Å². The summed E-state index contributed by atoms with van der Waals surface area (Å²) in [6.45, 7) is 14.9. The minimum atomic E-state index is -0.933. The van der Waals surface area contributed by atoms with E-state index in [9.17, 15) is 29.4 Å². The molecule has 224 valence electrons. The van der Waals surface area contributed by atoms with Crippen LogP contribution < -0.4 is 16.0 Å². The smallest absolute Gasteiger partial charge is 0.303 e. The zero-order valence-electron chi connectivity index (χ0n) is 24.8. The lowest BCUT2D eigenvalue weighted by Gasteiger charge is -2.13. The number of hydrogen-bond acceptors (Lipinski definition) is 4. The van der Waals surface area contributed by atoms with Gasteiger partial charge in [-0.3, -0.25) is 19.2 Å². The summed E-state index contributed by atoms with van der Waals surface area (Å²) in [5.74, 6) is -2.36. The number of carbonyl (C=O) groups excluding carboxylic acids is 2. The fourth-order valence-corrected chi connectivity index (χ4v) is 5.71. The molecule has 4 rings (SSSR count). The molecular weight excluding hydrogens is 548 g/mol. The van der Waals surface area contributed by atoms with Crippen LogP contribution in [0.3, 0.4) is 0 Å². The molecule has 0 fully saturated rings. The average molecular weight is 585 g/mol. The quantitative estimate of drug-likeness (QED) is 0.257. The van der Waals surface area contributed by atoms with Gasteiger partial charge in [-0.2, -0.15) is 0 Å². The topological polar surface area (TPSA) is 165 Å². The van der Waals surface area contributed by atoms with Crippen LogP contribution in [0.25, 0.3) is 12.2 Å². The summed E-state index contributed by atoms with van der Waals surface area (Å²) in [5, 5.41) is 23.2. The van der Waals surface area contributed by atoms with Crippen LogP contribution in [-0.4, -0.2) is 55.7 Å². The Hall–Kier alpha value is -4.99. The standard InChI is InChI=1S/C33H36N4O6/c1-7-20-19(6)32(42)37-27(20)14-25-18(5)23(10-12-31(40)41)29(35-25)15-28-22(9-11-30(38)39)17(4)24(34-28)13-26-16(3)21(8-2)33(43)36-26/h7-8,13,15,27,34-35H,1-2,9-12,14H2,3-6H3,(H,37,42)(H,38,39)(H,40,41)/b24-13?,28-15-. The van der Waals surface area contributed by atoms with E-state index in [1.54, 1.807) is 26.0 Å². The summed E-state index contributed by atoms with van der Waals surface area (Å²) >= 11 is 0. The van der Waals surface area contributed by atoms with Gasteiger partial charge >= 0.3 is 11.9 Å². The van der Waals surface area contributed by atoms with E-state index in [0.29, 0.717) is 45.2 Å². The van der Waals surface area contributed by atoms with Crippen molar-refractivity contribution in [2.24, 2.45) is 4.99 Å². The Bertz CT molecular complexity index is 1790. The van der Waals surface area contributed by atoms with Crippen LogP contribution in [0, 0.1) is 13.8 Å². The van der Waals surface area contributed by atoms with Crippen LogP contribution in [0.15, 0.2) is 52.6 Å². The molecule has 1 unspecified atom stereocenters. The second-order valence-electron chi connectivity index (χ2n) is 10.8. The highest BCUT2D eigenvalue weighted by molar-refractivity contribution is 6.31. The van der Waals surface area contributed by atoms with Gasteiger partial charge in [0.1, 0.15) is 0 Å². The average Bonchev–Trinajstić information content (AvgIpc) is 3.59. The molecule has 43 heavy (non-hydrogen) atoms. The third-order valence-electron chi connectivity index (χ3n) is 8.24. The molecule has 10 heteroatoms. The van der Waals surface area contributed by atoms with Gasteiger partial charge in [0.25, 0.3) is 5.91 Å². The van der Waals surface area contributed by atoms with Gasteiger partial charge in [0, 0.05) is 52.5 Å². The Kier molecular flexibility index (Phi) is 8.99. The predicted octanol–water partition coefficient (Wildman–Crippen LogP) is 2.63. The molecule has 2 amide bonds. The van der Waals surface area contributed by atoms with Gasteiger partial charge < -0.3 is 25.5 Å². The number of allylic oxidation sites excluding steroid dienone is 1. The van der Waals surface area contributed by atoms with Gasteiger partial charge in [-0.25, -0.2) is 4.99 Å². The summed E-state index contributed by atoms with van der Waals surface area (Å²) in [5.41, 5.74) is 7.97. The van der Waals surface area contributed by atoms with E-state index in [1.807, 2.05) is 19.9 Å². The van der Waals surface area contributed by atoms with Gasteiger partial charge in [-0.15, -0.1) is 0 Å². The van der Waals surface area contributed by atoms with Crippen molar-refractivity contribution < 1.29 is 29.4 Å². The Morgan fingerprint density at radius 3 is 2.09 bits per heavy atom. The molecule has 0 bridgehead atoms. The van der Waals surface area contributed by atoms with E-state index in [1.165, 1.54) is 6.08 Å². The first kappa shape index (κ1) is 31.0. The number of hydrogen-bond donors (Lipinski definition) is 5. The van der Waals surface area contributed by atoms with E-state index in [2.05, 4.69) is 33.4 Å². The highest BCUT2D eigenvalue weighted by Gasteiger charge is 2.29. The number of aliphatic carboxylic acids is 2. The third kappa shape index (κ3) is 6.28. The molecular formula is C33H36N4O6. The highest BCUT2D eigenvalue weighted by atomic mass is 16.4. The van der Waals surface area contributed by atoms with Crippen molar-refractivity contribution in [1.82, 2.24) is 15.3 Å². The SMILES string of the molecule is C=CC1=C(C)C(C=c2[nH]/c(=C\c3[nH]c(CC4NC(=O)C(C)=C4C=C)c(C)c3CCC(=O)O)c(CCC(=O)O)c2C)=NC1=O.